The van der Waals surface area contributed by atoms with Gasteiger partial charge in [0.15, 0.2) is 0 Å². The molecule has 0 aliphatic heterocycles. The van der Waals surface area contributed by atoms with Gasteiger partial charge in [0, 0.05) is 11.4 Å². The number of aromatic hydroxyl groups is 1. The molecule has 0 aromatic heterocycles. The molecule has 0 bridgehead atoms. The van der Waals surface area contributed by atoms with Gasteiger partial charge in [-0.2, -0.15) is 0 Å². The molecule has 0 radical (unpaired) electrons. The van der Waals surface area contributed by atoms with Gasteiger partial charge >= 0.3 is 0 Å². The van der Waals surface area contributed by atoms with Crippen molar-refractivity contribution in [3.8, 4) is 5.75 Å². The van der Waals surface area contributed by atoms with Gasteiger partial charge in [0.1, 0.15) is 5.75 Å². The van der Waals surface area contributed by atoms with E-state index in [9.17, 15) is 9.90 Å². The Labute approximate surface area is 116 Å². The van der Waals surface area contributed by atoms with Crippen LogP contribution in [0.3, 0.4) is 0 Å². The number of rotatable bonds is 3. The van der Waals surface area contributed by atoms with E-state index in [2.05, 4.69) is 21.2 Å². The predicted octanol–water partition coefficient (Wildman–Crippen LogP) is 2.99. The van der Waals surface area contributed by atoms with E-state index < -0.39 is 0 Å². The summed E-state index contributed by atoms with van der Waals surface area (Å²) >= 11 is 3.49. The van der Waals surface area contributed by atoms with Crippen molar-refractivity contribution in [3.05, 3.63) is 29.3 Å². The van der Waals surface area contributed by atoms with Crippen molar-refractivity contribution in [2.75, 3.05) is 5.33 Å². The Bertz CT molecular complexity index is 447. The number of hydrogen-bond donors (Lipinski definition) is 2. The van der Waals surface area contributed by atoms with Crippen molar-refractivity contribution in [2.45, 2.75) is 32.2 Å². The van der Waals surface area contributed by atoms with Crippen LogP contribution in [-0.4, -0.2) is 22.4 Å². The number of benzene rings is 1. The Balaban J connectivity index is 2.10. The second-order valence-electron chi connectivity index (χ2n) is 4.90. The number of nitrogens with one attached hydrogen (secondary N) is 1. The van der Waals surface area contributed by atoms with Crippen molar-refractivity contribution in [2.24, 2.45) is 5.92 Å². The van der Waals surface area contributed by atoms with Gasteiger partial charge in [-0.3, -0.25) is 4.79 Å². The van der Waals surface area contributed by atoms with Crippen LogP contribution in [-0.2, 0) is 0 Å². The van der Waals surface area contributed by atoms with E-state index in [0.717, 1.165) is 30.2 Å². The topological polar surface area (TPSA) is 49.3 Å². The molecule has 98 valence electrons. The third-order valence-electron chi connectivity index (χ3n) is 3.66. The van der Waals surface area contributed by atoms with Crippen molar-refractivity contribution in [1.29, 1.82) is 0 Å². The van der Waals surface area contributed by atoms with E-state index in [0.29, 0.717) is 11.5 Å². The summed E-state index contributed by atoms with van der Waals surface area (Å²) < 4.78 is 0. The Kier molecular flexibility index (Phi) is 4.27. The zero-order valence-corrected chi connectivity index (χ0v) is 12.0. The molecule has 1 amide bonds. The lowest BCUT2D eigenvalue weighted by atomic mass is 10.0. The van der Waals surface area contributed by atoms with Crippen LogP contribution in [0.1, 0.15) is 35.2 Å². The number of para-hydroxylation sites is 1. The van der Waals surface area contributed by atoms with Crippen LogP contribution in [0.25, 0.3) is 0 Å². The molecular formula is C14H18BrNO2. The third kappa shape index (κ3) is 2.69. The van der Waals surface area contributed by atoms with Crippen molar-refractivity contribution in [3.63, 3.8) is 0 Å². The van der Waals surface area contributed by atoms with Gasteiger partial charge in [-0.1, -0.05) is 34.5 Å². The molecule has 0 spiro atoms. The average Bonchev–Trinajstić information content (AvgIpc) is 2.79. The van der Waals surface area contributed by atoms with E-state index in [1.807, 2.05) is 0 Å². The maximum atomic E-state index is 12.1. The first-order chi connectivity index (χ1) is 8.63. The number of alkyl halides is 1. The summed E-state index contributed by atoms with van der Waals surface area (Å²) in [5.41, 5.74) is 1.10. The van der Waals surface area contributed by atoms with Crippen LogP contribution in [0.15, 0.2) is 18.2 Å². The first kappa shape index (κ1) is 13.4. The Morgan fingerprint density at radius 3 is 3.00 bits per heavy atom. The molecule has 0 saturated heterocycles. The van der Waals surface area contributed by atoms with Crippen LogP contribution in [0, 0.1) is 12.8 Å². The summed E-state index contributed by atoms with van der Waals surface area (Å²) in [5, 5.41) is 13.8. The van der Waals surface area contributed by atoms with E-state index in [-0.39, 0.29) is 17.7 Å². The normalized spacial score (nSPS) is 23.0. The van der Waals surface area contributed by atoms with E-state index in [1.54, 1.807) is 25.1 Å². The molecular weight excluding hydrogens is 294 g/mol. The van der Waals surface area contributed by atoms with Crippen molar-refractivity contribution < 1.29 is 9.90 Å². The Morgan fingerprint density at radius 2 is 2.28 bits per heavy atom. The van der Waals surface area contributed by atoms with Crippen molar-refractivity contribution >= 4 is 21.8 Å². The number of amides is 1. The lowest BCUT2D eigenvalue weighted by Gasteiger charge is -2.19. The maximum absolute atomic E-state index is 12.1. The number of carbonyl (C=O) groups is 1. The van der Waals surface area contributed by atoms with Gasteiger partial charge in [0.25, 0.3) is 5.91 Å². The fraction of sp³-hybridized carbons (Fsp3) is 0.500. The Hall–Kier alpha value is -1.03. The molecule has 1 aliphatic rings. The average molecular weight is 312 g/mol. The molecule has 1 aliphatic carbocycles. The second kappa shape index (κ2) is 5.74. The lowest BCUT2D eigenvalue weighted by Crippen LogP contribution is -2.37. The molecule has 3 nitrogen and oxygen atoms in total. The van der Waals surface area contributed by atoms with E-state index >= 15 is 0 Å². The fourth-order valence-electron chi connectivity index (χ4n) is 2.50. The van der Waals surface area contributed by atoms with Gasteiger partial charge in [-0.05, 0) is 37.3 Å². The molecule has 2 atom stereocenters. The summed E-state index contributed by atoms with van der Waals surface area (Å²) in [4.78, 5) is 12.1. The summed E-state index contributed by atoms with van der Waals surface area (Å²) in [5.74, 6) is 0.415. The highest BCUT2D eigenvalue weighted by molar-refractivity contribution is 9.09. The van der Waals surface area contributed by atoms with Crippen LogP contribution >= 0.6 is 15.9 Å². The number of halogens is 1. The smallest absolute Gasteiger partial charge is 0.255 e. The number of hydrogen-bond acceptors (Lipinski definition) is 2. The molecule has 1 saturated carbocycles. The predicted molar refractivity (Wildman–Crippen MR) is 75.2 cm³/mol. The lowest BCUT2D eigenvalue weighted by molar-refractivity contribution is 0.0927. The van der Waals surface area contributed by atoms with Crippen LogP contribution in [0.4, 0.5) is 0 Å². The first-order valence-corrected chi connectivity index (χ1v) is 7.41. The van der Waals surface area contributed by atoms with Crippen LogP contribution in [0.2, 0.25) is 0 Å². The molecule has 4 heteroatoms. The standard InChI is InChI=1S/C14H18BrNO2/c1-9-4-2-6-11(13(9)17)14(18)16-12-7-3-5-10(12)8-15/h2,4,6,10,12,17H,3,5,7-8H2,1H3,(H,16,18). The third-order valence-corrected chi connectivity index (χ3v) is 4.49. The first-order valence-electron chi connectivity index (χ1n) is 6.29. The Morgan fingerprint density at radius 1 is 1.50 bits per heavy atom. The summed E-state index contributed by atoms with van der Waals surface area (Å²) in [6.07, 6.45) is 3.32. The largest absolute Gasteiger partial charge is 0.507 e. The number of phenols is 1. The molecule has 1 fully saturated rings. The van der Waals surface area contributed by atoms with Crippen LogP contribution in [0.5, 0.6) is 5.75 Å². The van der Waals surface area contributed by atoms with Gasteiger partial charge in [-0.25, -0.2) is 0 Å². The van der Waals surface area contributed by atoms with Gasteiger partial charge in [0.2, 0.25) is 0 Å². The number of aryl methyl sites for hydroxylation is 1. The van der Waals surface area contributed by atoms with Crippen molar-refractivity contribution in [1.82, 2.24) is 5.32 Å². The zero-order valence-electron chi connectivity index (χ0n) is 10.4. The highest BCUT2D eigenvalue weighted by atomic mass is 79.9. The molecule has 18 heavy (non-hydrogen) atoms. The maximum Gasteiger partial charge on any atom is 0.255 e. The molecule has 1 aromatic carbocycles. The number of phenolic OH excluding ortho intramolecular Hbond substituents is 1. The monoisotopic (exact) mass is 311 g/mol. The van der Waals surface area contributed by atoms with Gasteiger partial charge < -0.3 is 10.4 Å². The molecule has 2 rings (SSSR count). The molecule has 2 unspecified atom stereocenters. The molecule has 2 N–H and O–H groups in total. The van der Waals surface area contributed by atoms with E-state index in [1.165, 1.54) is 0 Å². The van der Waals surface area contributed by atoms with E-state index in [4.69, 9.17) is 0 Å². The minimum atomic E-state index is -0.172. The second-order valence-corrected chi connectivity index (χ2v) is 5.54. The zero-order chi connectivity index (χ0) is 13.1. The fourth-order valence-corrected chi connectivity index (χ4v) is 3.27. The van der Waals surface area contributed by atoms with Gasteiger partial charge in [-0.15, -0.1) is 0 Å². The summed E-state index contributed by atoms with van der Waals surface area (Å²) in [6, 6.07) is 5.47. The highest BCUT2D eigenvalue weighted by Crippen LogP contribution is 2.28. The minimum Gasteiger partial charge on any atom is -0.507 e. The molecule has 1 aromatic rings. The quantitative estimate of drug-likeness (QED) is 0.843. The highest BCUT2D eigenvalue weighted by Gasteiger charge is 2.28. The summed E-state index contributed by atoms with van der Waals surface area (Å²) in [6.45, 7) is 1.79. The van der Waals surface area contributed by atoms with Crippen LogP contribution < -0.4 is 5.32 Å². The SMILES string of the molecule is Cc1cccc(C(=O)NC2CCCC2CBr)c1O. The minimum absolute atomic E-state index is 0.0865. The molecule has 0 heterocycles. The van der Waals surface area contributed by atoms with Gasteiger partial charge in [0.05, 0.1) is 5.56 Å². The number of carbonyl (C=O) groups excluding carboxylic acids is 1. The summed E-state index contributed by atoms with van der Waals surface area (Å²) in [7, 11) is 0.